The van der Waals surface area contributed by atoms with Crippen molar-refractivity contribution >= 4 is 28.4 Å². The molecule has 0 aliphatic carbocycles. The number of hydrogen-bond acceptors (Lipinski definition) is 4. The van der Waals surface area contributed by atoms with E-state index in [4.69, 9.17) is 0 Å². The van der Waals surface area contributed by atoms with E-state index >= 15 is 0 Å². The van der Waals surface area contributed by atoms with Crippen LogP contribution in [0.4, 0.5) is 20.2 Å². The number of alkyl halides is 2. The van der Waals surface area contributed by atoms with Gasteiger partial charge in [0.15, 0.2) is 0 Å². The van der Waals surface area contributed by atoms with E-state index in [1.807, 2.05) is 36.4 Å². The average molecular weight is 342 g/mol. The molecule has 0 radical (unpaired) electrons. The summed E-state index contributed by atoms with van der Waals surface area (Å²) in [6.07, 6.45) is 1.28. The highest BCUT2D eigenvalue weighted by molar-refractivity contribution is 5.96. The highest BCUT2D eigenvalue weighted by atomic mass is 19.3. The predicted octanol–water partition coefficient (Wildman–Crippen LogP) is 5.10. The SMILES string of the molecule is O=[N+]([O-])c1ccc(OC(F)F)c(C=Nc2cccc3ccccc23)c1. The zero-order chi connectivity index (χ0) is 17.8. The van der Waals surface area contributed by atoms with Crippen molar-refractivity contribution in [2.24, 2.45) is 4.99 Å². The first-order chi connectivity index (χ1) is 12.0. The predicted molar refractivity (Wildman–Crippen MR) is 90.9 cm³/mol. The number of ether oxygens (including phenoxy) is 1. The highest BCUT2D eigenvalue weighted by Crippen LogP contribution is 2.28. The quantitative estimate of drug-likeness (QED) is 0.368. The lowest BCUT2D eigenvalue weighted by Gasteiger charge is -2.07. The van der Waals surface area contributed by atoms with Gasteiger partial charge in [0.25, 0.3) is 5.69 Å². The molecule has 0 aliphatic heterocycles. The lowest BCUT2D eigenvalue weighted by atomic mass is 10.1. The summed E-state index contributed by atoms with van der Waals surface area (Å²) in [7, 11) is 0. The van der Waals surface area contributed by atoms with Crippen molar-refractivity contribution in [2.75, 3.05) is 0 Å². The van der Waals surface area contributed by atoms with Gasteiger partial charge in [0.2, 0.25) is 0 Å². The number of hydrogen-bond donors (Lipinski definition) is 0. The molecule has 0 spiro atoms. The Morgan fingerprint density at radius 1 is 1.08 bits per heavy atom. The fraction of sp³-hybridized carbons (Fsp3) is 0.0556. The molecule has 0 unspecified atom stereocenters. The summed E-state index contributed by atoms with van der Waals surface area (Å²) in [4.78, 5) is 14.6. The second-order valence-electron chi connectivity index (χ2n) is 5.11. The van der Waals surface area contributed by atoms with Crippen molar-refractivity contribution in [3.8, 4) is 5.75 Å². The molecular formula is C18H12F2N2O3. The van der Waals surface area contributed by atoms with E-state index in [9.17, 15) is 18.9 Å². The summed E-state index contributed by atoms with van der Waals surface area (Å²) < 4.78 is 29.5. The van der Waals surface area contributed by atoms with E-state index in [0.29, 0.717) is 5.69 Å². The molecule has 0 amide bonds. The van der Waals surface area contributed by atoms with Gasteiger partial charge in [-0.25, -0.2) is 0 Å². The number of aliphatic imine (C=N–C) groups is 1. The summed E-state index contributed by atoms with van der Waals surface area (Å²) in [5.74, 6) is -0.176. The fourth-order valence-corrected chi connectivity index (χ4v) is 2.41. The van der Waals surface area contributed by atoms with Crippen LogP contribution >= 0.6 is 0 Å². The van der Waals surface area contributed by atoms with E-state index in [-0.39, 0.29) is 17.0 Å². The number of rotatable bonds is 5. The van der Waals surface area contributed by atoms with Crippen LogP contribution in [0, 0.1) is 10.1 Å². The Balaban J connectivity index is 2.04. The zero-order valence-corrected chi connectivity index (χ0v) is 12.8. The number of nitrogens with zero attached hydrogens (tertiary/aromatic N) is 2. The largest absolute Gasteiger partial charge is 0.434 e. The van der Waals surface area contributed by atoms with Crippen LogP contribution in [0.5, 0.6) is 5.75 Å². The Morgan fingerprint density at radius 3 is 2.60 bits per heavy atom. The van der Waals surface area contributed by atoms with Crippen molar-refractivity contribution in [1.82, 2.24) is 0 Å². The Bertz CT molecular complexity index is 953. The third kappa shape index (κ3) is 3.77. The van der Waals surface area contributed by atoms with E-state index in [1.54, 1.807) is 6.07 Å². The third-order valence-electron chi connectivity index (χ3n) is 3.53. The van der Waals surface area contributed by atoms with Crippen molar-refractivity contribution in [3.05, 3.63) is 76.3 Å². The van der Waals surface area contributed by atoms with Crippen LogP contribution in [0.15, 0.2) is 65.7 Å². The minimum atomic E-state index is -3.04. The Kier molecular flexibility index (Phi) is 4.65. The smallest absolute Gasteiger partial charge is 0.387 e. The third-order valence-corrected chi connectivity index (χ3v) is 3.53. The van der Waals surface area contributed by atoms with Gasteiger partial charge in [-0.05, 0) is 17.5 Å². The fourth-order valence-electron chi connectivity index (χ4n) is 2.41. The molecule has 3 rings (SSSR count). The number of nitro groups is 1. The number of benzene rings is 3. The van der Waals surface area contributed by atoms with Crippen LogP contribution in [-0.4, -0.2) is 17.7 Å². The standard InChI is InChI=1S/C18H12F2N2O3/c19-18(20)25-17-9-8-14(22(23)24)10-13(17)11-21-16-7-3-5-12-4-1-2-6-15(12)16/h1-11,18H. The lowest BCUT2D eigenvalue weighted by Crippen LogP contribution is -2.04. The average Bonchev–Trinajstić information content (AvgIpc) is 2.60. The first kappa shape index (κ1) is 16.5. The van der Waals surface area contributed by atoms with Crippen LogP contribution in [0.3, 0.4) is 0 Å². The van der Waals surface area contributed by atoms with Crippen LogP contribution in [0.2, 0.25) is 0 Å². The van der Waals surface area contributed by atoms with Gasteiger partial charge in [-0.3, -0.25) is 15.1 Å². The van der Waals surface area contributed by atoms with E-state index in [1.165, 1.54) is 6.21 Å². The molecule has 0 atom stereocenters. The van der Waals surface area contributed by atoms with Gasteiger partial charge < -0.3 is 4.74 Å². The van der Waals surface area contributed by atoms with Gasteiger partial charge >= 0.3 is 6.61 Å². The van der Waals surface area contributed by atoms with Crippen LogP contribution in [0.1, 0.15) is 5.56 Å². The first-order valence-electron chi connectivity index (χ1n) is 7.29. The summed E-state index contributed by atoms with van der Waals surface area (Å²) in [6, 6.07) is 16.5. The van der Waals surface area contributed by atoms with E-state index in [2.05, 4.69) is 9.73 Å². The molecule has 0 saturated heterocycles. The number of fused-ring (bicyclic) bond motifs is 1. The molecule has 0 saturated carbocycles. The van der Waals surface area contributed by atoms with E-state index < -0.39 is 11.5 Å². The maximum absolute atomic E-state index is 12.5. The second-order valence-corrected chi connectivity index (χ2v) is 5.11. The molecule has 0 aromatic heterocycles. The Morgan fingerprint density at radius 2 is 1.84 bits per heavy atom. The number of halogens is 2. The minimum absolute atomic E-state index is 0.0995. The van der Waals surface area contributed by atoms with Gasteiger partial charge in [0.1, 0.15) is 5.75 Å². The maximum atomic E-state index is 12.5. The lowest BCUT2D eigenvalue weighted by molar-refractivity contribution is -0.384. The maximum Gasteiger partial charge on any atom is 0.387 e. The van der Waals surface area contributed by atoms with Gasteiger partial charge in [0.05, 0.1) is 10.6 Å². The summed E-state index contributed by atoms with van der Waals surface area (Å²) in [5, 5.41) is 12.8. The number of nitro benzene ring substituents is 1. The molecule has 25 heavy (non-hydrogen) atoms. The molecule has 0 fully saturated rings. The van der Waals surface area contributed by atoms with Gasteiger partial charge in [0, 0.05) is 29.3 Å². The molecule has 0 aliphatic rings. The zero-order valence-electron chi connectivity index (χ0n) is 12.8. The molecular weight excluding hydrogens is 330 g/mol. The number of non-ortho nitro benzene ring substituents is 1. The Labute approximate surface area is 141 Å². The monoisotopic (exact) mass is 342 g/mol. The summed E-state index contributed by atoms with van der Waals surface area (Å²) in [6.45, 7) is -3.04. The first-order valence-corrected chi connectivity index (χ1v) is 7.29. The highest BCUT2D eigenvalue weighted by Gasteiger charge is 2.14. The van der Waals surface area contributed by atoms with Crippen LogP contribution in [0.25, 0.3) is 10.8 Å². The Hall–Kier alpha value is -3.35. The van der Waals surface area contributed by atoms with Gasteiger partial charge in [-0.1, -0.05) is 36.4 Å². The van der Waals surface area contributed by atoms with Crippen molar-refractivity contribution in [2.45, 2.75) is 6.61 Å². The van der Waals surface area contributed by atoms with E-state index in [0.717, 1.165) is 29.0 Å². The van der Waals surface area contributed by atoms with Crippen molar-refractivity contribution < 1.29 is 18.4 Å². The molecule has 5 nitrogen and oxygen atoms in total. The molecule has 3 aromatic rings. The molecule has 0 bridgehead atoms. The molecule has 0 N–H and O–H groups in total. The summed E-state index contributed by atoms with van der Waals surface area (Å²) >= 11 is 0. The minimum Gasteiger partial charge on any atom is -0.434 e. The topological polar surface area (TPSA) is 64.7 Å². The molecule has 3 aromatic carbocycles. The normalized spacial score (nSPS) is 11.3. The molecule has 7 heteroatoms. The van der Waals surface area contributed by atoms with Crippen LogP contribution < -0.4 is 4.74 Å². The second kappa shape index (κ2) is 7.04. The van der Waals surface area contributed by atoms with Crippen LogP contribution in [-0.2, 0) is 0 Å². The summed E-state index contributed by atoms with van der Waals surface area (Å²) in [5.41, 5.74) is 0.482. The van der Waals surface area contributed by atoms with Gasteiger partial charge in [-0.2, -0.15) is 8.78 Å². The van der Waals surface area contributed by atoms with Crippen molar-refractivity contribution in [3.63, 3.8) is 0 Å². The molecule has 0 heterocycles. The molecule has 126 valence electrons. The van der Waals surface area contributed by atoms with Gasteiger partial charge in [-0.15, -0.1) is 0 Å². The van der Waals surface area contributed by atoms with Crippen molar-refractivity contribution in [1.29, 1.82) is 0 Å².